The summed E-state index contributed by atoms with van der Waals surface area (Å²) in [6, 6.07) is 5.26. The summed E-state index contributed by atoms with van der Waals surface area (Å²) in [6.07, 6.45) is -3.97. The standard InChI is InChI=1S/C16H21F3N2O2/c1-11(23-2)15(22)20-14-7-8-21(10-14)9-12-3-5-13(6-4-12)16(17,18)19/h3-6,11,14H,7-10H2,1-2H3,(H,20,22)/t11-,14+/m1/s1. The minimum Gasteiger partial charge on any atom is -0.372 e. The molecule has 1 heterocycles. The van der Waals surface area contributed by atoms with Crippen molar-refractivity contribution in [2.75, 3.05) is 20.2 Å². The van der Waals surface area contributed by atoms with Crippen molar-refractivity contribution < 1.29 is 22.7 Å². The molecule has 7 heteroatoms. The van der Waals surface area contributed by atoms with Crippen LogP contribution in [0.1, 0.15) is 24.5 Å². The lowest BCUT2D eigenvalue weighted by Gasteiger charge is -2.18. The predicted molar refractivity (Wildman–Crippen MR) is 79.7 cm³/mol. The zero-order valence-electron chi connectivity index (χ0n) is 13.2. The number of amides is 1. The van der Waals surface area contributed by atoms with Crippen LogP contribution in [0, 0.1) is 0 Å². The van der Waals surface area contributed by atoms with Gasteiger partial charge in [-0.05, 0) is 31.0 Å². The summed E-state index contributed by atoms with van der Waals surface area (Å²) < 4.78 is 42.6. The van der Waals surface area contributed by atoms with Gasteiger partial charge in [0, 0.05) is 32.8 Å². The van der Waals surface area contributed by atoms with E-state index in [-0.39, 0.29) is 11.9 Å². The third kappa shape index (κ3) is 4.94. The predicted octanol–water partition coefficient (Wildman–Crippen LogP) is 2.43. The normalized spacial score (nSPS) is 20.5. The summed E-state index contributed by atoms with van der Waals surface area (Å²) in [5, 5.41) is 2.92. The van der Waals surface area contributed by atoms with Crippen molar-refractivity contribution in [1.29, 1.82) is 0 Å². The second-order valence-corrected chi connectivity index (χ2v) is 5.80. The Hall–Kier alpha value is -1.60. The molecule has 0 aliphatic carbocycles. The number of halogens is 3. The molecule has 1 aromatic carbocycles. The van der Waals surface area contributed by atoms with Crippen molar-refractivity contribution in [2.45, 2.75) is 38.2 Å². The number of ether oxygens (including phenoxy) is 1. The van der Waals surface area contributed by atoms with Gasteiger partial charge in [0.2, 0.25) is 5.91 Å². The fourth-order valence-corrected chi connectivity index (χ4v) is 2.58. The van der Waals surface area contributed by atoms with Crippen molar-refractivity contribution in [1.82, 2.24) is 10.2 Å². The molecule has 23 heavy (non-hydrogen) atoms. The largest absolute Gasteiger partial charge is 0.416 e. The number of carbonyl (C=O) groups is 1. The van der Waals surface area contributed by atoms with Gasteiger partial charge in [-0.3, -0.25) is 9.69 Å². The molecule has 2 rings (SSSR count). The molecule has 0 saturated carbocycles. The fourth-order valence-electron chi connectivity index (χ4n) is 2.58. The van der Waals surface area contributed by atoms with Gasteiger partial charge < -0.3 is 10.1 Å². The minimum absolute atomic E-state index is 0.0505. The van der Waals surface area contributed by atoms with Gasteiger partial charge in [0.25, 0.3) is 0 Å². The maximum absolute atomic E-state index is 12.5. The molecular formula is C16H21F3N2O2. The molecule has 0 bridgehead atoms. The zero-order chi connectivity index (χ0) is 17.0. The van der Waals surface area contributed by atoms with Crippen molar-refractivity contribution in [3.05, 3.63) is 35.4 Å². The first-order chi connectivity index (χ1) is 10.8. The molecule has 1 fully saturated rings. The Morgan fingerprint density at radius 3 is 2.61 bits per heavy atom. The summed E-state index contributed by atoms with van der Waals surface area (Å²) in [7, 11) is 1.48. The first kappa shape index (κ1) is 17.7. The molecule has 4 nitrogen and oxygen atoms in total. The molecule has 1 aliphatic rings. The van der Waals surface area contributed by atoms with Crippen LogP contribution in [0.5, 0.6) is 0 Å². The van der Waals surface area contributed by atoms with Gasteiger partial charge in [-0.15, -0.1) is 0 Å². The summed E-state index contributed by atoms with van der Waals surface area (Å²) in [5.41, 5.74) is 0.191. The highest BCUT2D eigenvalue weighted by atomic mass is 19.4. The lowest BCUT2D eigenvalue weighted by Crippen LogP contribution is -2.42. The van der Waals surface area contributed by atoms with E-state index in [0.29, 0.717) is 13.1 Å². The van der Waals surface area contributed by atoms with E-state index >= 15 is 0 Å². The van der Waals surface area contributed by atoms with Crippen LogP contribution in [0.2, 0.25) is 0 Å². The molecule has 1 N–H and O–H groups in total. The number of likely N-dealkylation sites (tertiary alicyclic amines) is 1. The first-order valence-corrected chi connectivity index (χ1v) is 7.51. The summed E-state index contributed by atoms with van der Waals surface area (Å²) in [5.74, 6) is -0.145. The maximum atomic E-state index is 12.5. The Morgan fingerprint density at radius 1 is 1.39 bits per heavy atom. The number of methoxy groups -OCH3 is 1. The number of carbonyl (C=O) groups excluding carboxylic acids is 1. The van der Waals surface area contributed by atoms with Crippen LogP contribution in [-0.2, 0) is 22.3 Å². The summed E-state index contributed by atoms with van der Waals surface area (Å²) in [6.45, 7) is 3.74. The Balaban J connectivity index is 1.85. The Labute approximate surface area is 133 Å². The molecule has 0 aromatic heterocycles. The Kier molecular flexibility index (Phi) is 5.64. The third-order valence-corrected chi connectivity index (χ3v) is 4.03. The van der Waals surface area contributed by atoms with Gasteiger partial charge in [-0.1, -0.05) is 12.1 Å². The number of alkyl halides is 3. The van der Waals surface area contributed by atoms with E-state index in [4.69, 9.17) is 4.74 Å². The number of benzene rings is 1. The molecule has 0 radical (unpaired) electrons. The van der Waals surface area contributed by atoms with E-state index < -0.39 is 17.8 Å². The highest BCUT2D eigenvalue weighted by Crippen LogP contribution is 2.29. The lowest BCUT2D eigenvalue weighted by atomic mass is 10.1. The van der Waals surface area contributed by atoms with Crippen molar-refractivity contribution in [3.63, 3.8) is 0 Å². The number of nitrogens with one attached hydrogen (secondary N) is 1. The van der Waals surface area contributed by atoms with Gasteiger partial charge in [0.05, 0.1) is 5.56 Å². The Morgan fingerprint density at radius 2 is 2.04 bits per heavy atom. The van der Waals surface area contributed by atoms with Crippen LogP contribution >= 0.6 is 0 Å². The summed E-state index contributed by atoms with van der Waals surface area (Å²) in [4.78, 5) is 13.9. The van der Waals surface area contributed by atoms with Gasteiger partial charge in [-0.2, -0.15) is 13.2 Å². The molecule has 2 atom stereocenters. The van der Waals surface area contributed by atoms with Crippen LogP contribution in [0.15, 0.2) is 24.3 Å². The smallest absolute Gasteiger partial charge is 0.372 e. The van der Waals surface area contributed by atoms with E-state index in [1.165, 1.54) is 19.2 Å². The monoisotopic (exact) mass is 330 g/mol. The van der Waals surface area contributed by atoms with Gasteiger partial charge >= 0.3 is 6.18 Å². The number of hydrogen-bond donors (Lipinski definition) is 1. The molecule has 1 amide bonds. The van der Waals surface area contributed by atoms with Crippen molar-refractivity contribution in [3.8, 4) is 0 Å². The second-order valence-electron chi connectivity index (χ2n) is 5.80. The van der Waals surface area contributed by atoms with E-state index in [9.17, 15) is 18.0 Å². The number of nitrogens with zero attached hydrogens (tertiary/aromatic N) is 1. The highest BCUT2D eigenvalue weighted by molar-refractivity contribution is 5.80. The van der Waals surface area contributed by atoms with Crippen molar-refractivity contribution in [2.24, 2.45) is 0 Å². The maximum Gasteiger partial charge on any atom is 0.416 e. The quantitative estimate of drug-likeness (QED) is 0.902. The van der Waals surface area contributed by atoms with Crippen LogP contribution in [0.4, 0.5) is 13.2 Å². The van der Waals surface area contributed by atoms with E-state index in [0.717, 1.165) is 30.7 Å². The zero-order valence-corrected chi connectivity index (χ0v) is 13.2. The second kappa shape index (κ2) is 7.31. The van der Waals surface area contributed by atoms with E-state index in [2.05, 4.69) is 10.2 Å². The first-order valence-electron chi connectivity index (χ1n) is 7.51. The van der Waals surface area contributed by atoms with Crippen LogP contribution in [-0.4, -0.2) is 43.2 Å². The summed E-state index contributed by atoms with van der Waals surface area (Å²) >= 11 is 0. The third-order valence-electron chi connectivity index (χ3n) is 4.03. The molecule has 128 valence electrons. The van der Waals surface area contributed by atoms with Gasteiger partial charge in [0.1, 0.15) is 6.10 Å². The Bertz CT molecular complexity index is 531. The fraction of sp³-hybridized carbons (Fsp3) is 0.562. The van der Waals surface area contributed by atoms with Gasteiger partial charge in [-0.25, -0.2) is 0 Å². The lowest BCUT2D eigenvalue weighted by molar-refractivity contribution is -0.137. The number of hydrogen-bond acceptors (Lipinski definition) is 3. The molecule has 0 unspecified atom stereocenters. The van der Waals surface area contributed by atoms with Crippen LogP contribution < -0.4 is 5.32 Å². The SMILES string of the molecule is CO[C@H](C)C(=O)N[C@H]1CCN(Cc2ccc(C(F)(F)F)cc2)C1. The molecular weight excluding hydrogens is 309 g/mol. The minimum atomic E-state index is -4.31. The molecule has 1 saturated heterocycles. The van der Waals surface area contributed by atoms with Crippen molar-refractivity contribution >= 4 is 5.91 Å². The molecule has 1 aromatic rings. The van der Waals surface area contributed by atoms with E-state index in [1.807, 2.05) is 0 Å². The molecule has 0 spiro atoms. The molecule has 1 aliphatic heterocycles. The number of rotatable bonds is 5. The van der Waals surface area contributed by atoms with Crippen LogP contribution in [0.25, 0.3) is 0 Å². The topological polar surface area (TPSA) is 41.6 Å². The van der Waals surface area contributed by atoms with Crippen LogP contribution in [0.3, 0.4) is 0 Å². The average molecular weight is 330 g/mol. The highest BCUT2D eigenvalue weighted by Gasteiger charge is 2.30. The average Bonchev–Trinajstić information content (AvgIpc) is 2.93. The van der Waals surface area contributed by atoms with E-state index in [1.54, 1.807) is 6.92 Å². The van der Waals surface area contributed by atoms with Gasteiger partial charge in [0.15, 0.2) is 0 Å².